The van der Waals surface area contributed by atoms with Gasteiger partial charge in [-0.05, 0) is 89.5 Å². The zero-order valence-corrected chi connectivity index (χ0v) is 33.9. The molecule has 3 aliphatic rings. The van der Waals surface area contributed by atoms with Crippen LogP contribution in [-0.2, 0) is 5.60 Å². The Morgan fingerprint density at radius 2 is 0.492 bits per heavy atom. The predicted molar refractivity (Wildman–Crippen MR) is 224 cm³/mol. The fourth-order valence-electron chi connectivity index (χ4n) is 7.46. The average molecular weight is 902 g/mol. The fourth-order valence-corrected chi connectivity index (χ4v) is 8.44. The molecule has 59 heavy (non-hydrogen) atoms. The van der Waals surface area contributed by atoms with Crippen LogP contribution in [0.15, 0.2) is 109 Å². The highest BCUT2D eigenvalue weighted by Crippen LogP contribution is 2.42. The third-order valence-electron chi connectivity index (χ3n) is 10.4. The van der Waals surface area contributed by atoms with Crippen molar-refractivity contribution >= 4 is 122 Å². The van der Waals surface area contributed by atoms with Crippen LogP contribution in [0.2, 0.25) is 30.1 Å². The molecule has 1 N–H and O–H groups in total. The van der Waals surface area contributed by atoms with E-state index in [1.807, 2.05) is 0 Å². The van der Waals surface area contributed by atoms with Crippen LogP contribution in [0.4, 0.5) is 17.1 Å². The lowest BCUT2D eigenvalue weighted by molar-refractivity contribution is 0.0910. The van der Waals surface area contributed by atoms with Gasteiger partial charge in [0.15, 0.2) is 0 Å². The molecule has 0 saturated carbocycles. The van der Waals surface area contributed by atoms with Gasteiger partial charge in [0.2, 0.25) is 0 Å². The number of rotatable bonds is 6. The number of hydrogen-bond donors (Lipinski definition) is 1. The van der Waals surface area contributed by atoms with E-state index in [4.69, 9.17) is 69.6 Å². The molecule has 290 valence electrons. The highest BCUT2D eigenvalue weighted by molar-refractivity contribution is 6.46. The summed E-state index contributed by atoms with van der Waals surface area (Å²) in [6.07, 6.45) is 0. The molecule has 16 heteroatoms. The molecule has 0 fully saturated rings. The summed E-state index contributed by atoms with van der Waals surface area (Å²) in [4.78, 5) is 83.3. The van der Waals surface area contributed by atoms with E-state index in [0.29, 0.717) is 0 Å². The molecule has 6 aromatic carbocycles. The van der Waals surface area contributed by atoms with E-state index in [2.05, 4.69) is 0 Å². The number of amides is 6. The number of carbonyl (C=O) groups is 6. The summed E-state index contributed by atoms with van der Waals surface area (Å²) in [7, 11) is 0. The quantitative estimate of drug-likeness (QED) is 0.130. The Hall–Kier alpha value is -5.56. The average Bonchev–Trinajstić information content (AvgIpc) is 3.71. The first kappa shape index (κ1) is 38.9. The molecule has 0 unspecified atom stereocenters. The summed E-state index contributed by atoms with van der Waals surface area (Å²) in [5, 5.41) is 13.5. The van der Waals surface area contributed by atoms with Crippen LogP contribution < -0.4 is 14.7 Å². The third-order valence-corrected chi connectivity index (χ3v) is 12.6. The van der Waals surface area contributed by atoms with Crippen LogP contribution in [0.25, 0.3) is 0 Å². The molecule has 6 amide bonds. The van der Waals surface area contributed by atoms with E-state index in [-0.39, 0.29) is 97.3 Å². The molecule has 3 heterocycles. The van der Waals surface area contributed by atoms with Crippen LogP contribution in [0, 0.1) is 0 Å². The molecule has 3 aliphatic heterocycles. The smallest absolute Gasteiger partial charge is 0.266 e. The molecular weight excluding hydrogens is 883 g/mol. The molecule has 0 bridgehead atoms. The second-order valence-electron chi connectivity index (χ2n) is 13.6. The van der Waals surface area contributed by atoms with Crippen molar-refractivity contribution in [2.75, 3.05) is 14.7 Å². The van der Waals surface area contributed by atoms with Gasteiger partial charge in [-0.3, -0.25) is 28.8 Å². The second kappa shape index (κ2) is 14.0. The third kappa shape index (κ3) is 5.90. The normalized spacial score (nSPS) is 14.8. The van der Waals surface area contributed by atoms with Crippen molar-refractivity contribution in [2.45, 2.75) is 5.60 Å². The van der Waals surface area contributed by atoms with Crippen molar-refractivity contribution in [1.82, 2.24) is 0 Å². The van der Waals surface area contributed by atoms with Crippen molar-refractivity contribution in [3.05, 3.63) is 189 Å². The van der Waals surface area contributed by atoms with Gasteiger partial charge in [0.05, 0.1) is 80.6 Å². The molecule has 0 aromatic heterocycles. The number of imide groups is 3. The zero-order chi connectivity index (χ0) is 41.8. The van der Waals surface area contributed by atoms with Crippen LogP contribution in [-0.4, -0.2) is 40.5 Å². The minimum absolute atomic E-state index is 0.0821. The van der Waals surface area contributed by atoms with Crippen LogP contribution in [0.5, 0.6) is 0 Å². The Balaban J connectivity index is 1.10. The Labute approximate surface area is 363 Å². The number of anilines is 3. The maximum atomic E-state index is 13.4. The van der Waals surface area contributed by atoms with Crippen molar-refractivity contribution in [2.24, 2.45) is 0 Å². The summed E-state index contributed by atoms with van der Waals surface area (Å²) in [6.45, 7) is 0. The molecule has 0 aliphatic carbocycles. The summed E-state index contributed by atoms with van der Waals surface area (Å²) in [5.41, 5.74) is -0.138. The van der Waals surface area contributed by atoms with Gasteiger partial charge in [-0.25, -0.2) is 14.7 Å². The molecule has 0 spiro atoms. The Kier molecular flexibility index (Phi) is 9.26. The van der Waals surface area contributed by atoms with Gasteiger partial charge < -0.3 is 5.11 Å². The van der Waals surface area contributed by atoms with Gasteiger partial charge >= 0.3 is 0 Å². The van der Waals surface area contributed by atoms with Crippen LogP contribution in [0.1, 0.15) is 78.8 Å². The zero-order valence-electron chi connectivity index (χ0n) is 29.4. The number of hydrogen-bond acceptors (Lipinski definition) is 7. The van der Waals surface area contributed by atoms with E-state index in [1.165, 1.54) is 109 Å². The topological polar surface area (TPSA) is 132 Å². The Morgan fingerprint density at radius 3 is 0.661 bits per heavy atom. The first-order valence-corrected chi connectivity index (χ1v) is 19.5. The highest BCUT2D eigenvalue weighted by Gasteiger charge is 2.42. The fraction of sp³-hybridized carbons (Fsp3) is 0.0233. The van der Waals surface area contributed by atoms with E-state index in [1.54, 1.807) is 0 Å². The van der Waals surface area contributed by atoms with Crippen molar-refractivity contribution in [3.63, 3.8) is 0 Å². The van der Waals surface area contributed by atoms with Gasteiger partial charge in [0.25, 0.3) is 35.4 Å². The molecule has 10 nitrogen and oxygen atoms in total. The minimum Gasteiger partial charge on any atom is -0.376 e. The maximum absolute atomic E-state index is 13.4. The number of halogens is 6. The Bertz CT molecular complexity index is 2500. The van der Waals surface area contributed by atoms with Crippen LogP contribution in [0.3, 0.4) is 0 Å². The van der Waals surface area contributed by atoms with Crippen molar-refractivity contribution < 1.29 is 33.9 Å². The van der Waals surface area contributed by atoms with Gasteiger partial charge in [0.1, 0.15) is 5.60 Å². The number of nitrogens with zero attached hydrogens (tertiary/aromatic N) is 3. The van der Waals surface area contributed by atoms with E-state index >= 15 is 0 Å². The van der Waals surface area contributed by atoms with Gasteiger partial charge in [-0.1, -0.05) is 106 Å². The van der Waals surface area contributed by atoms with E-state index in [9.17, 15) is 33.9 Å². The summed E-state index contributed by atoms with van der Waals surface area (Å²) < 4.78 is 0. The minimum atomic E-state index is -2.00. The molecule has 9 rings (SSSR count). The lowest BCUT2D eigenvalue weighted by Crippen LogP contribution is -2.32. The van der Waals surface area contributed by atoms with Crippen LogP contribution >= 0.6 is 69.6 Å². The lowest BCUT2D eigenvalue weighted by Gasteiger charge is -2.31. The standard InChI is InChI=1S/C43H19Cl6N3O7/c44-31-13-25-26(14-32(31)45)38(54)50(37(25)53)22-7-1-19(2-8-22)43(59,20-3-9-23(10-4-20)51-39(55)27-15-33(46)34(47)16-28(27)40(51)56)21-5-11-24(12-6-21)52-41(57)29-17-35(48)36(49)18-30(29)42(52)58/h1-18,59H. The lowest BCUT2D eigenvalue weighted by atomic mass is 9.80. The summed E-state index contributed by atoms with van der Waals surface area (Å²) in [5.74, 6) is -3.70. The summed E-state index contributed by atoms with van der Waals surface area (Å²) in [6, 6.07) is 26.0. The molecule has 0 radical (unpaired) electrons. The van der Waals surface area contributed by atoms with E-state index in [0.717, 1.165) is 14.7 Å². The first-order valence-electron chi connectivity index (χ1n) is 17.3. The molecule has 0 atom stereocenters. The number of aliphatic hydroxyl groups is 1. The largest absolute Gasteiger partial charge is 0.376 e. The van der Waals surface area contributed by atoms with Crippen molar-refractivity contribution in [1.29, 1.82) is 0 Å². The first-order chi connectivity index (χ1) is 28.1. The molecule has 6 aromatic rings. The second-order valence-corrected chi connectivity index (χ2v) is 16.1. The van der Waals surface area contributed by atoms with Gasteiger partial charge in [-0.15, -0.1) is 0 Å². The molecular formula is C43H19Cl6N3O7. The van der Waals surface area contributed by atoms with Gasteiger partial charge in [0, 0.05) is 0 Å². The monoisotopic (exact) mass is 899 g/mol. The Morgan fingerprint density at radius 1 is 0.322 bits per heavy atom. The number of benzene rings is 6. The maximum Gasteiger partial charge on any atom is 0.266 e. The number of carbonyl (C=O) groups excluding carboxylic acids is 6. The highest BCUT2D eigenvalue weighted by atomic mass is 35.5. The predicted octanol–water partition coefficient (Wildman–Crippen LogP) is 10.3. The van der Waals surface area contributed by atoms with E-state index < -0.39 is 41.0 Å². The SMILES string of the molecule is O=C1c2cc(Cl)c(Cl)cc2C(=O)N1c1ccc(C(O)(c2ccc(N3C(=O)c4cc(Cl)c(Cl)cc4C3=O)cc2)c2ccc(N3C(=O)c4cc(Cl)c(Cl)cc4C3=O)cc2)cc1. The van der Waals surface area contributed by atoms with Gasteiger partial charge in [-0.2, -0.15) is 0 Å². The number of fused-ring (bicyclic) bond motifs is 3. The summed E-state index contributed by atoms with van der Waals surface area (Å²) >= 11 is 36.8. The molecule has 0 saturated heterocycles. The van der Waals surface area contributed by atoms with Crippen molar-refractivity contribution in [3.8, 4) is 0 Å².